The zero-order valence-corrected chi connectivity index (χ0v) is 12.3. The molecule has 0 spiro atoms. The molecule has 1 aromatic carbocycles. The number of nitrogens with one attached hydrogen (secondary N) is 1. The number of hydrogen-bond donors (Lipinski definition) is 4. The van der Waals surface area contributed by atoms with E-state index in [-0.39, 0.29) is 12.5 Å². The summed E-state index contributed by atoms with van der Waals surface area (Å²) in [4.78, 5) is 11.3. The Bertz CT molecular complexity index is 482. The number of amides is 1. The lowest BCUT2D eigenvalue weighted by Gasteiger charge is -2.42. The molecule has 0 aliphatic carbocycles. The van der Waals surface area contributed by atoms with E-state index in [9.17, 15) is 20.1 Å². The van der Waals surface area contributed by atoms with E-state index < -0.39 is 37.3 Å². The minimum Gasteiger partial charge on any atom is -0.394 e. The topological polar surface area (TPSA) is 108 Å². The molecule has 1 fully saturated rings. The van der Waals surface area contributed by atoms with Crippen molar-refractivity contribution in [2.75, 3.05) is 6.61 Å². The molecule has 0 unspecified atom stereocenters. The van der Waals surface area contributed by atoms with Crippen molar-refractivity contribution in [2.24, 2.45) is 0 Å². The lowest BCUT2D eigenvalue weighted by molar-refractivity contribution is -0.273. The second-order valence-corrected chi connectivity index (χ2v) is 5.23. The van der Waals surface area contributed by atoms with E-state index in [1.807, 2.05) is 30.3 Å². The van der Waals surface area contributed by atoms with Gasteiger partial charge in [-0.3, -0.25) is 4.79 Å². The number of ether oxygens (including phenoxy) is 2. The maximum atomic E-state index is 11.3. The van der Waals surface area contributed by atoms with Gasteiger partial charge in [0.05, 0.1) is 13.2 Å². The van der Waals surface area contributed by atoms with Gasteiger partial charge in [-0.1, -0.05) is 30.3 Å². The summed E-state index contributed by atoms with van der Waals surface area (Å²) >= 11 is 0. The zero-order valence-electron chi connectivity index (χ0n) is 12.3. The van der Waals surface area contributed by atoms with Crippen molar-refractivity contribution in [3.05, 3.63) is 35.9 Å². The van der Waals surface area contributed by atoms with E-state index in [0.717, 1.165) is 5.56 Å². The molecular weight excluding hydrogens is 290 g/mol. The number of benzene rings is 1. The van der Waals surface area contributed by atoms with Gasteiger partial charge in [-0.25, -0.2) is 0 Å². The fraction of sp³-hybridized carbons (Fsp3) is 0.533. The maximum Gasteiger partial charge on any atom is 0.217 e. The molecule has 0 radical (unpaired) electrons. The molecule has 0 bridgehead atoms. The molecule has 1 saturated heterocycles. The second-order valence-electron chi connectivity index (χ2n) is 5.23. The smallest absolute Gasteiger partial charge is 0.217 e. The van der Waals surface area contributed by atoms with Crippen molar-refractivity contribution in [2.45, 2.75) is 44.2 Å². The van der Waals surface area contributed by atoms with Crippen LogP contribution in [0.4, 0.5) is 0 Å². The van der Waals surface area contributed by atoms with Gasteiger partial charge in [-0.2, -0.15) is 0 Å². The van der Waals surface area contributed by atoms with Crippen molar-refractivity contribution in [3.8, 4) is 0 Å². The van der Waals surface area contributed by atoms with Crippen molar-refractivity contribution < 1.29 is 29.6 Å². The van der Waals surface area contributed by atoms with Gasteiger partial charge in [0.25, 0.3) is 0 Å². The van der Waals surface area contributed by atoms with Gasteiger partial charge in [0, 0.05) is 6.92 Å². The molecule has 1 aliphatic heterocycles. The third-order valence-electron chi connectivity index (χ3n) is 3.51. The molecule has 22 heavy (non-hydrogen) atoms. The summed E-state index contributed by atoms with van der Waals surface area (Å²) in [5.41, 5.74) is 0.897. The van der Waals surface area contributed by atoms with E-state index in [2.05, 4.69) is 5.32 Å². The number of rotatable bonds is 5. The van der Waals surface area contributed by atoms with Crippen LogP contribution in [-0.4, -0.2) is 58.5 Å². The average molecular weight is 311 g/mol. The first-order valence-corrected chi connectivity index (χ1v) is 7.08. The zero-order chi connectivity index (χ0) is 16.1. The highest BCUT2D eigenvalue weighted by Crippen LogP contribution is 2.23. The number of carbonyl (C=O) groups is 1. The third-order valence-corrected chi connectivity index (χ3v) is 3.51. The Hall–Kier alpha value is -1.51. The summed E-state index contributed by atoms with van der Waals surface area (Å²) in [6.45, 7) is 1.05. The van der Waals surface area contributed by atoms with Crippen molar-refractivity contribution in [3.63, 3.8) is 0 Å². The quantitative estimate of drug-likeness (QED) is 0.564. The summed E-state index contributed by atoms with van der Waals surface area (Å²) < 4.78 is 11.1. The standard InChI is InChI=1S/C15H21NO6/c1-9(18)16-12-14(20)13(19)11(7-17)22-15(12)21-8-10-5-3-2-4-6-10/h2-6,11-15,17,19-20H,7-8H2,1H3,(H,16,18)/t11-,12+,13-,14-,15+/m1/s1. The Labute approximate surface area is 128 Å². The predicted molar refractivity (Wildman–Crippen MR) is 76.6 cm³/mol. The van der Waals surface area contributed by atoms with E-state index in [1.54, 1.807) is 0 Å². The largest absolute Gasteiger partial charge is 0.394 e. The lowest BCUT2D eigenvalue weighted by atomic mass is 9.97. The van der Waals surface area contributed by atoms with Crippen LogP contribution in [0.25, 0.3) is 0 Å². The highest BCUT2D eigenvalue weighted by atomic mass is 16.7. The van der Waals surface area contributed by atoms with Crippen LogP contribution in [0, 0.1) is 0 Å². The normalized spacial score (nSPS) is 31.7. The third kappa shape index (κ3) is 4.02. The number of aliphatic hydroxyl groups excluding tert-OH is 3. The molecule has 7 heteroatoms. The molecule has 0 saturated carbocycles. The van der Waals surface area contributed by atoms with Crippen LogP contribution in [-0.2, 0) is 20.9 Å². The van der Waals surface area contributed by atoms with E-state index in [1.165, 1.54) is 6.92 Å². The number of aliphatic hydroxyl groups is 3. The fourth-order valence-electron chi connectivity index (χ4n) is 2.37. The summed E-state index contributed by atoms with van der Waals surface area (Å²) in [6, 6.07) is 8.42. The minimum absolute atomic E-state index is 0.211. The number of carbonyl (C=O) groups excluding carboxylic acids is 1. The van der Waals surface area contributed by atoms with Gasteiger partial charge < -0.3 is 30.1 Å². The molecule has 5 atom stereocenters. The van der Waals surface area contributed by atoms with Gasteiger partial charge in [-0.05, 0) is 5.56 Å². The Balaban J connectivity index is 2.07. The minimum atomic E-state index is -1.31. The van der Waals surface area contributed by atoms with Crippen LogP contribution in [0.5, 0.6) is 0 Å². The van der Waals surface area contributed by atoms with Crippen molar-refractivity contribution >= 4 is 5.91 Å². The van der Waals surface area contributed by atoms with E-state index >= 15 is 0 Å². The summed E-state index contributed by atoms with van der Waals surface area (Å²) in [5.74, 6) is -0.379. The first-order chi connectivity index (χ1) is 10.5. The van der Waals surface area contributed by atoms with Crippen LogP contribution >= 0.6 is 0 Å². The highest BCUT2D eigenvalue weighted by Gasteiger charge is 2.45. The van der Waals surface area contributed by atoms with Crippen LogP contribution < -0.4 is 5.32 Å². The van der Waals surface area contributed by atoms with Gasteiger partial charge in [0.2, 0.25) is 5.91 Å². The highest BCUT2D eigenvalue weighted by molar-refractivity contribution is 5.73. The second kappa shape index (κ2) is 7.66. The molecule has 1 aliphatic rings. The first-order valence-electron chi connectivity index (χ1n) is 7.08. The van der Waals surface area contributed by atoms with Gasteiger partial charge in [0.1, 0.15) is 24.4 Å². The Kier molecular flexibility index (Phi) is 5.87. The molecule has 7 nitrogen and oxygen atoms in total. The lowest BCUT2D eigenvalue weighted by Crippen LogP contribution is -2.64. The Morgan fingerprint density at radius 1 is 1.27 bits per heavy atom. The molecule has 1 amide bonds. The molecular formula is C15H21NO6. The summed E-state index contributed by atoms with van der Waals surface area (Å²) in [6.07, 6.45) is -4.55. The molecule has 4 N–H and O–H groups in total. The molecule has 0 aromatic heterocycles. The van der Waals surface area contributed by atoms with Crippen LogP contribution in [0.2, 0.25) is 0 Å². The van der Waals surface area contributed by atoms with Gasteiger partial charge in [0.15, 0.2) is 6.29 Å². The molecule has 1 heterocycles. The molecule has 122 valence electrons. The SMILES string of the molecule is CC(=O)N[C@@H]1[C@@H](OCc2ccccc2)O[C@H](CO)[C@@H](O)[C@@H]1O. The van der Waals surface area contributed by atoms with Crippen LogP contribution in [0.15, 0.2) is 30.3 Å². The van der Waals surface area contributed by atoms with Crippen LogP contribution in [0.3, 0.4) is 0 Å². The Morgan fingerprint density at radius 2 is 1.95 bits per heavy atom. The van der Waals surface area contributed by atoms with Crippen molar-refractivity contribution in [1.29, 1.82) is 0 Å². The monoisotopic (exact) mass is 311 g/mol. The molecule has 2 rings (SSSR count). The summed E-state index contributed by atoms with van der Waals surface area (Å²) in [5, 5.41) is 31.7. The maximum absolute atomic E-state index is 11.3. The average Bonchev–Trinajstić information content (AvgIpc) is 2.52. The van der Waals surface area contributed by atoms with E-state index in [4.69, 9.17) is 9.47 Å². The van der Waals surface area contributed by atoms with E-state index in [0.29, 0.717) is 0 Å². The number of hydrogen-bond acceptors (Lipinski definition) is 6. The van der Waals surface area contributed by atoms with Gasteiger partial charge >= 0.3 is 0 Å². The Morgan fingerprint density at radius 3 is 2.55 bits per heavy atom. The van der Waals surface area contributed by atoms with Crippen LogP contribution in [0.1, 0.15) is 12.5 Å². The first kappa shape index (κ1) is 16.9. The fourth-order valence-corrected chi connectivity index (χ4v) is 2.37. The predicted octanol–water partition coefficient (Wildman–Crippen LogP) is -0.853. The van der Waals surface area contributed by atoms with Crippen molar-refractivity contribution in [1.82, 2.24) is 5.32 Å². The van der Waals surface area contributed by atoms with Gasteiger partial charge in [-0.15, -0.1) is 0 Å². The summed E-state index contributed by atoms with van der Waals surface area (Å²) in [7, 11) is 0. The molecule has 1 aromatic rings.